The van der Waals surface area contributed by atoms with E-state index in [2.05, 4.69) is 53.1 Å². The second-order valence-electron chi connectivity index (χ2n) is 9.42. The number of nitrogens with zero attached hydrogens (tertiary/aromatic N) is 1. The van der Waals surface area contributed by atoms with Crippen LogP contribution in [-0.4, -0.2) is 44.4 Å². The lowest BCUT2D eigenvalue weighted by atomic mass is 9.78. The predicted octanol–water partition coefficient (Wildman–Crippen LogP) is 3.16. The minimum Gasteiger partial charge on any atom is -0.349 e. The standard InChI is InChI=1S/C24H31N3O3S/c1-24(2)17-27(16-18-7-4-3-5-8-18)14-13-22(24)25-23(28)19-9-6-10-21(15-19)31(29,30)26-20-11-12-20/h3-10,15,20,22,26H,11-14,16-17H2,1-2H3,(H,25,28). The molecule has 1 saturated carbocycles. The molecule has 2 N–H and O–H groups in total. The van der Waals surface area contributed by atoms with Crippen molar-refractivity contribution in [3.8, 4) is 0 Å². The van der Waals surface area contributed by atoms with Gasteiger partial charge in [-0.25, -0.2) is 13.1 Å². The van der Waals surface area contributed by atoms with Gasteiger partial charge in [-0.15, -0.1) is 0 Å². The van der Waals surface area contributed by atoms with Crippen LogP contribution in [0.5, 0.6) is 0 Å². The van der Waals surface area contributed by atoms with Gasteiger partial charge in [-0.05, 0) is 48.4 Å². The van der Waals surface area contributed by atoms with Crippen LogP contribution in [-0.2, 0) is 16.6 Å². The van der Waals surface area contributed by atoms with Crippen LogP contribution >= 0.6 is 0 Å². The Morgan fingerprint density at radius 3 is 2.48 bits per heavy atom. The fourth-order valence-electron chi connectivity index (χ4n) is 4.25. The first-order valence-electron chi connectivity index (χ1n) is 10.9. The molecular weight excluding hydrogens is 410 g/mol. The number of carbonyl (C=O) groups excluding carboxylic acids is 1. The first-order valence-corrected chi connectivity index (χ1v) is 12.4. The van der Waals surface area contributed by atoms with Gasteiger partial charge >= 0.3 is 0 Å². The Morgan fingerprint density at radius 1 is 1.06 bits per heavy atom. The van der Waals surface area contributed by atoms with E-state index >= 15 is 0 Å². The molecule has 1 amide bonds. The Hall–Kier alpha value is -2.22. The van der Waals surface area contributed by atoms with E-state index in [1.54, 1.807) is 12.1 Å². The van der Waals surface area contributed by atoms with E-state index in [1.807, 2.05) is 6.07 Å². The molecule has 4 rings (SSSR count). The summed E-state index contributed by atoms with van der Waals surface area (Å²) in [4.78, 5) is 15.5. The molecule has 7 heteroatoms. The van der Waals surface area contributed by atoms with Crippen molar-refractivity contribution >= 4 is 15.9 Å². The molecule has 0 aromatic heterocycles. The Balaban J connectivity index is 1.40. The van der Waals surface area contributed by atoms with Crippen molar-refractivity contribution in [2.45, 2.75) is 56.6 Å². The molecule has 0 bridgehead atoms. The van der Waals surface area contributed by atoms with Crippen molar-refractivity contribution < 1.29 is 13.2 Å². The summed E-state index contributed by atoms with van der Waals surface area (Å²) >= 11 is 0. The molecule has 1 atom stereocenters. The zero-order valence-electron chi connectivity index (χ0n) is 18.2. The third-order valence-electron chi connectivity index (χ3n) is 6.17. The lowest BCUT2D eigenvalue weighted by Crippen LogP contribution is -2.55. The smallest absolute Gasteiger partial charge is 0.251 e. The summed E-state index contributed by atoms with van der Waals surface area (Å²) in [5.41, 5.74) is 1.57. The Labute approximate surface area is 185 Å². The zero-order chi connectivity index (χ0) is 22.1. The molecule has 1 saturated heterocycles. The maximum absolute atomic E-state index is 12.9. The van der Waals surface area contributed by atoms with Crippen molar-refractivity contribution in [3.05, 3.63) is 65.7 Å². The summed E-state index contributed by atoms with van der Waals surface area (Å²) in [6.45, 7) is 7.04. The minimum atomic E-state index is -3.58. The summed E-state index contributed by atoms with van der Waals surface area (Å²) < 4.78 is 27.6. The first kappa shape index (κ1) is 22.0. The quantitative estimate of drug-likeness (QED) is 0.692. The second-order valence-corrected chi connectivity index (χ2v) is 11.1. The van der Waals surface area contributed by atoms with E-state index in [-0.39, 0.29) is 28.3 Å². The molecule has 6 nitrogen and oxygen atoms in total. The number of likely N-dealkylation sites (tertiary alicyclic amines) is 1. The largest absolute Gasteiger partial charge is 0.349 e. The van der Waals surface area contributed by atoms with E-state index in [9.17, 15) is 13.2 Å². The molecule has 1 unspecified atom stereocenters. The zero-order valence-corrected chi connectivity index (χ0v) is 19.0. The molecule has 2 aromatic carbocycles. The second kappa shape index (κ2) is 8.73. The molecule has 0 spiro atoms. The topological polar surface area (TPSA) is 78.5 Å². The number of hydrogen-bond acceptors (Lipinski definition) is 4. The van der Waals surface area contributed by atoms with Gasteiger partial charge in [-0.3, -0.25) is 9.69 Å². The van der Waals surface area contributed by atoms with Gasteiger partial charge in [0.1, 0.15) is 0 Å². The number of nitrogens with one attached hydrogen (secondary N) is 2. The number of hydrogen-bond donors (Lipinski definition) is 2. The van der Waals surface area contributed by atoms with Crippen LogP contribution in [0.25, 0.3) is 0 Å². The molecule has 2 aromatic rings. The van der Waals surface area contributed by atoms with Gasteiger partial charge in [0.15, 0.2) is 0 Å². The molecular formula is C24H31N3O3S. The van der Waals surface area contributed by atoms with E-state index in [0.717, 1.165) is 38.9 Å². The minimum absolute atomic E-state index is 0.0249. The van der Waals surface area contributed by atoms with Gasteiger partial charge in [0.2, 0.25) is 10.0 Å². The first-order chi connectivity index (χ1) is 14.7. The molecule has 1 aliphatic heterocycles. The number of sulfonamides is 1. The van der Waals surface area contributed by atoms with E-state index in [1.165, 1.54) is 17.7 Å². The fourth-order valence-corrected chi connectivity index (χ4v) is 5.60. The van der Waals surface area contributed by atoms with Crippen LogP contribution in [0.3, 0.4) is 0 Å². The Kier molecular flexibility index (Phi) is 6.19. The number of benzene rings is 2. The molecule has 1 aliphatic carbocycles. The summed E-state index contributed by atoms with van der Waals surface area (Å²) in [5.74, 6) is -0.224. The van der Waals surface area contributed by atoms with Crippen LogP contribution in [0.15, 0.2) is 59.5 Å². The van der Waals surface area contributed by atoms with Gasteiger partial charge in [-0.1, -0.05) is 50.2 Å². The van der Waals surface area contributed by atoms with E-state index in [0.29, 0.717) is 5.56 Å². The van der Waals surface area contributed by atoms with Crippen molar-refractivity contribution in [3.63, 3.8) is 0 Å². The number of piperidine rings is 1. The highest BCUT2D eigenvalue weighted by molar-refractivity contribution is 7.89. The number of rotatable bonds is 7. The monoisotopic (exact) mass is 441 g/mol. The Morgan fingerprint density at radius 2 is 1.81 bits per heavy atom. The van der Waals surface area contributed by atoms with Gasteiger partial charge in [0, 0.05) is 37.3 Å². The van der Waals surface area contributed by atoms with Gasteiger partial charge in [-0.2, -0.15) is 0 Å². The predicted molar refractivity (Wildman–Crippen MR) is 121 cm³/mol. The maximum Gasteiger partial charge on any atom is 0.251 e. The van der Waals surface area contributed by atoms with Crippen molar-refractivity contribution in [2.24, 2.45) is 5.41 Å². The molecule has 166 valence electrons. The average Bonchev–Trinajstić information content (AvgIpc) is 3.54. The number of carbonyl (C=O) groups is 1. The maximum atomic E-state index is 12.9. The van der Waals surface area contributed by atoms with Crippen LogP contribution in [0.1, 0.15) is 49.0 Å². The van der Waals surface area contributed by atoms with Gasteiger partial charge in [0.05, 0.1) is 4.90 Å². The fraction of sp³-hybridized carbons (Fsp3) is 0.458. The molecule has 2 fully saturated rings. The Bertz CT molecular complexity index is 1030. The normalized spacial score (nSPS) is 21.5. The highest BCUT2D eigenvalue weighted by Gasteiger charge is 2.37. The highest BCUT2D eigenvalue weighted by atomic mass is 32.2. The lowest BCUT2D eigenvalue weighted by molar-refractivity contribution is 0.0616. The third-order valence-corrected chi connectivity index (χ3v) is 7.69. The van der Waals surface area contributed by atoms with Crippen LogP contribution < -0.4 is 10.0 Å². The van der Waals surface area contributed by atoms with E-state index in [4.69, 9.17) is 0 Å². The van der Waals surface area contributed by atoms with Gasteiger partial charge < -0.3 is 5.32 Å². The highest BCUT2D eigenvalue weighted by Crippen LogP contribution is 2.30. The van der Waals surface area contributed by atoms with Crippen LogP contribution in [0, 0.1) is 5.41 Å². The molecule has 0 radical (unpaired) electrons. The third kappa shape index (κ3) is 5.53. The van der Waals surface area contributed by atoms with Crippen molar-refractivity contribution in [2.75, 3.05) is 13.1 Å². The molecule has 2 aliphatic rings. The lowest BCUT2D eigenvalue weighted by Gasteiger charge is -2.44. The number of amides is 1. The summed E-state index contributed by atoms with van der Waals surface area (Å²) in [7, 11) is -3.58. The summed E-state index contributed by atoms with van der Waals surface area (Å²) in [6, 6.07) is 16.8. The van der Waals surface area contributed by atoms with Crippen LogP contribution in [0.4, 0.5) is 0 Å². The molecule has 31 heavy (non-hydrogen) atoms. The summed E-state index contributed by atoms with van der Waals surface area (Å²) in [6.07, 6.45) is 2.60. The van der Waals surface area contributed by atoms with Crippen LogP contribution in [0.2, 0.25) is 0 Å². The molecule has 1 heterocycles. The average molecular weight is 442 g/mol. The summed E-state index contributed by atoms with van der Waals surface area (Å²) in [5, 5.41) is 3.16. The van der Waals surface area contributed by atoms with E-state index < -0.39 is 10.0 Å². The van der Waals surface area contributed by atoms with Crippen molar-refractivity contribution in [1.29, 1.82) is 0 Å². The van der Waals surface area contributed by atoms with Crippen molar-refractivity contribution in [1.82, 2.24) is 14.9 Å². The SMILES string of the molecule is CC1(C)CN(Cc2ccccc2)CCC1NC(=O)c1cccc(S(=O)(=O)NC2CC2)c1. The van der Waals surface area contributed by atoms with Gasteiger partial charge in [0.25, 0.3) is 5.91 Å².